The molecule has 2 N–H and O–H groups in total. The summed E-state index contributed by atoms with van der Waals surface area (Å²) in [5.41, 5.74) is 4.22. The molecular formula is C24H28N4O. The van der Waals surface area contributed by atoms with E-state index in [9.17, 15) is 4.79 Å². The van der Waals surface area contributed by atoms with Crippen LogP contribution in [0.3, 0.4) is 0 Å². The molecule has 0 saturated carbocycles. The highest BCUT2D eigenvalue weighted by molar-refractivity contribution is 6.03. The monoisotopic (exact) mass is 388 g/mol. The first-order valence-electron chi connectivity index (χ1n) is 9.81. The van der Waals surface area contributed by atoms with E-state index in [0.717, 1.165) is 16.9 Å². The highest BCUT2D eigenvalue weighted by Gasteiger charge is 2.15. The van der Waals surface area contributed by atoms with E-state index in [-0.39, 0.29) is 17.4 Å². The summed E-state index contributed by atoms with van der Waals surface area (Å²) in [6, 6.07) is 19.7. The Kier molecular flexibility index (Phi) is 5.97. The van der Waals surface area contributed by atoms with E-state index in [2.05, 4.69) is 41.4 Å². The Bertz CT molecular complexity index is 976. The van der Waals surface area contributed by atoms with Crippen molar-refractivity contribution in [2.45, 2.75) is 46.1 Å². The van der Waals surface area contributed by atoms with Gasteiger partial charge in [0.05, 0.1) is 6.04 Å². The lowest BCUT2D eigenvalue weighted by Gasteiger charge is -2.19. The third-order valence-corrected chi connectivity index (χ3v) is 4.74. The normalized spacial score (nSPS) is 12.3. The van der Waals surface area contributed by atoms with Gasteiger partial charge in [0, 0.05) is 11.4 Å². The van der Waals surface area contributed by atoms with E-state index in [4.69, 9.17) is 0 Å². The van der Waals surface area contributed by atoms with E-state index in [1.165, 1.54) is 5.56 Å². The van der Waals surface area contributed by atoms with Crippen molar-refractivity contribution in [1.29, 1.82) is 0 Å². The number of hydrogen-bond donors (Lipinski definition) is 2. The van der Waals surface area contributed by atoms with Gasteiger partial charge in [0.1, 0.15) is 5.69 Å². The number of benzene rings is 2. The van der Waals surface area contributed by atoms with Crippen molar-refractivity contribution in [3.8, 4) is 0 Å². The molecule has 1 amide bonds. The summed E-state index contributed by atoms with van der Waals surface area (Å²) in [5, 5.41) is 6.20. The second-order valence-electron chi connectivity index (χ2n) is 8.28. The first-order chi connectivity index (χ1) is 13.7. The molecule has 0 saturated heterocycles. The van der Waals surface area contributed by atoms with Crippen molar-refractivity contribution >= 4 is 17.5 Å². The van der Waals surface area contributed by atoms with Crippen molar-refractivity contribution in [2.24, 2.45) is 0 Å². The predicted octanol–water partition coefficient (Wildman–Crippen LogP) is 5.51. The lowest BCUT2D eigenvalue weighted by atomic mass is 9.87. The molecule has 5 heteroatoms. The smallest absolute Gasteiger partial charge is 0.274 e. The molecule has 0 aliphatic carbocycles. The Labute approximate surface area is 172 Å². The Balaban J connectivity index is 1.74. The van der Waals surface area contributed by atoms with Crippen LogP contribution in [-0.2, 0) is 5.41 Å². The Hall–Kier alpha value is -3.21. The Morgan fingerprint density at radius 3 is 2.24 bits per heavy atom. The molecule has 1 heterocycles. The number of aryl methyl sites for hydroxylation is 1. The van der Waals surface area contributed by atoms with Crippen molar-refractivity contribution in [1.82, 2.24) is 9.97 Å². The Morgan fingerprint density at radius 2 is 1.62 bits per heavy atom. The van der Waals surface area contributed by atoms with Gasteiger partial charge in [-0.3, -0.25) is 4.79 Å². The first-order valence-corrected chi connectivity index (χ1v) is 9.81. The molecule has 0 spiro atoms. The topological polar surface area (TPSA) is 66.9 Å². The lowest BCUT2D eigenvalue weighted by molar-refractivity contribution is 0.102. The fourth-order valence-electron chi connectivity index (χ4n) is 3.02. The largest absolute Gasteiger partial charge is 0.348 e. The maximum Gasteiger partial charge on any atom is 0.274 e. The van der Waals surface area contributed by atoms with Crippen molar-refractivity contribution in [3.05, 3.63) is 83.2 Å². The molecule has 0 fully saturated rings. The number of hydrogen-bond acceptors (Lipinski definition) is 4. The van der Waals surface area contributed by atoms with Crippen LogP contribution in [0.15, 0.2) is 60.7 Å². The van der Waals surface area contributed by atoms with Gasteiger partial charge in [0.25, 0.3) is 5.91 Å². The number of amides is 1. The summed E-state index contributed by atoms with van der Waals surface area (Å²) in [5.74, 6) is 0.184. The minimum atomic E-state index is -0.255. The number of nitrogens with one attached hydrogen (secondary N) is 2. The maximum atomic E-state index is 12.7. The summed E-state index contributed by atoms with van der Waals surface area (Å²) < 4.78 is 0. The first kappa shape index (κ1) is 20.5. The molecule has 3 rings (SSSR count). The molecule has 5 nitrogen and oxygen atoms in total. The third kappa shape index (κ3) is 5.41. The van der Waals surface area contributed by atoms with Crippen LogP contribution >= 0.6 is 0 Å². The van der Waals surface area contributed by atoms with Crippen LogP contribution < -0.4 is 10.6 Å². The second kappa shape index (κ2) is 8.43. The number of rotatable bonds is 5. The van der Waals surface area contributed by atoms with Crippen LogP contribution in [-0.4, -0.2) is 15.9 Å². The third-order valence-electron chi connectivity index (χ3n) is 4.74. The zero-order valence-corrected chi connectivity index (χ0v) is 17.7. The number of nitrogens with zero attached hydrogens (tertiary/aromatic N) is 2. The molecule has 29 heavy (non-hydrogen) atoms. The van der Waals surface area contributed by atoms with Crippen LogP contribution in [0.25, 0.3) is 0 Å². The molecule has 2 aromatic carbocycles. The minimum absolute atomic E-state index is 0.0267. The van der Waals surface area contributed by atoms with E-state index < -0.39 is 0 Å². The van der Waals surface area contributed by atoms with Gasteiger partial charge >= 0.3 is 0 Å². The fraction of sp³-hybridized carbons (Fsp3) is 0.292. The highest BCUT2D eigenvalue weighted by Crippen LogP contribution is 2.24. The van der Waals surface area contributed by atoms with Gasteiger partial charge in [-0.2, -0.15) is 0 Å². The van der Waals surface area contributed by atoms with Gasteiger partial charge in [-0.1, -0.05) is 63.2 Å². The molecule has 0 aliphatic heterocycles. The number of anilines is 2. The van der Waals surface area contributed by atoms with Crippen molar-refractivity contribution < 1.29 is 4.79 Å². The zero-order valence-electron chi connectivity index (χ0n) is 17.7. The number of carbonyl (C=O) groups is 1. The summed E-state index contributed by atoms with van der Waals surface area (Å²) in [7, 11) is 0. The van der Waals surface area contributed by atoms with Crippen LogP contribution in [0.2, 0.25) is 0 Å². The van der Waals surface area contributed by atoms with Crippen LogP contribution in [0.4, 0.5) is 11.6 Å². The van der Waals surface area contributed by atoms with Crippen molar-refractivity contribution in [3.63, 3.8) is 0 Å². The average molecular weight is 389 g/mol. The predicted molar refractivity (Wildman–Crippen MR) is 118 cm³/mol. The van der Waals surface area contributed by atoms with Crippen LogP contribution in [0.5, 0.6) is 0 Å². The molecule has 0 aliphatic rings. The fourth-order valence-corrected chi connectivity index (χ4v) is 3.02. The second-order valence-corrected chi connectivity index (χ2v) is 8.28. The average Bonchev–Trinajstić information content (AvgIpc) is 2.68. The number of carbonyl (C=O) groups excluding carboxylic acids is 1. The Morgan fingerprint density at radius 1 is 0.966 bits per heavy atom. The molecule has 1 unspecified atom stereocenters. The van der Waals surface area contributed by atoms with E-state index in [0.29, 0.717) is 11.6 Å². The zero-order chi connectivity index (χ0) is 21.0. The number of aromatic nitrogens is 2. The van der Waals surface area contributed by atoms with Crippen LogP contribution in [0.1, 0.15) is 61.0 Å². The van der Waals surface area contributed by atoms with Crippen molar-refractivity contribution in [2.75, 3.05) is 10.6 Å². The quantitative estimate of drug-likeness (QED) is 0.605. The van der Waals surface area contributed by atoms with Crippen LogP contribution in [0, 0.1) is 6.92 Å². The molecule has 1 atom stereocenters. The molecule has 0 bridgehead atoms. The highest BCUT2D eigenvalue weighted by atomic mass is 16.1. The minimum Gasteiger partial charge on any atom is -0.348 e. The van der Waals surface area contributed by atoms with Gasteiger partial charge in [-0.15, -0.1) is 0 Å². The summed E-state index contributed by atoms with van der Waals surface area (Å²) >= 11 is 0. The molecule has 1 aromatic heterocycles. The SMILES string of the molecule is Cc1cc(C(=O)Nc2ccc(C(C)(C)C)cc2)nc(NC(C)c2ccccc2)n1. The lowest BCUT2D eigenvalue weighted by Crippen LogP contribution is -2.17. The van der Waals surface area contributed by atoms with Gasteiger partial charge in [0.2, 0.25) is 5.95 Å². The van der Waals surface area contributed by atoms with Gasteiger partial charge < -0.3 is 10.6 Å². The van der Waals surface area contributed by atoms with E-state index in [1.807, 2.05) is 68.4 Å². The van der Waals surface area contributed by atoms with Gasteiger partial charge in [-0.05, 0) is 48.6 Å². The van der Waals surface area contributed by atoms with E-state index in [1.54, 1.807) is 6.07 Å². The molecule has 0 radical (unpaired) electrons. The summed E-state index contributed by atoms with van der Waals surface area (Å²) in [6.07, 6.45) is 0. The standard InChI is InChI=1S/C24H28N4O/c1-16-15-21(22(29)27-20-13-11-19(12-14-20)24(3,4)5)28-23(25-16)26-17(2)18-9-7-6-8-10-18/h6-15,17H,1-5H3,(H,27,29)(H,25,26,28). The van der Waals surface area contributed by atoms with Gasteiger partial charge in [-0.25, -0.2) is 9.97 Å². The molecule has 150 valence electrons. The molecule has 3 aromatic rings. The molecular weight excluding hydrogens is 360 g/mol. The van der Waals surface area contributed by atoms with Gasteiger partial charge in [0.15, 0.2) is 0 Å². The maximum absolute atomic E-state index is 12.7. The van der Waals surface area contributed by atoms with E-state index >= 15 is 0 Å². The summed E-state index contributed by atoms with van der Waals surface area (Å²) in [4.78, 5) is 21.6. The summed E-state index contributed by atoms with van der Waals surface area (Å²) in [6.45, 7) is 10.4.